The van der Waals surface area contributed by atoms with Crippen LogP contribution in [-0.2, 0) is 28.8 Å². The molecule has 4 fully saturated rings. The first-order valence-corrected chi connectivity index (χ1v) is 19.1. The molecule has 0 spiro atoms. The van der Waals surface area contributed by atoms with E-state index in [4.69, 9.17) is 0 Å². The van der Waals surface area contributed by atoms with Gasteiger partial charge in [0, 0.05) is 32.5 Å². The van der Waals surface area contributed by atoms with E-state index in [9.17, 15) is 33.6 Å². The number of nitrogens with zero attached hydrogens (tertiary/aromatic N) is 2. The van der Waals surface area contributed by atoms with E-state index in [1.54, 1.807) is 11.8 Å². The second kappa shape index (κ2) is 16.0. The average Bonchev–Trinajstić information content (AvgIpc) is 3.33. The number of carbonyl (C=O) groups is 7. The third-order valence-electron chi connectivity index (χ3n) is 11.6. The molecule has 13 heteroatoms. The van der Waals surface area contributed by atoms with Gasteiger partial charge in [0.05, 0.1) is 12.1 Å². The molecule has 4 N–H and O–H groups in total. The van der Waals surface area contributed by atoms with Crippen LogP contribution in [0.1, 0.15) is 126 Å². The number of piperidine rings is 2. The minimum Gasteiger partial charge on any atom is -0.350 e. The van der Waals surface area contributed by atoms with Crippen LogP contribution in [-0.4, -0.2) is 95.0 Å². The highest BCUT2D eigenvalue weighted by atomic mass is 16.2. The molecule has 286 valence electrons. The van der Waals surface area contributed by atoms with Crippen LogP contribution in [0.4, 0.5) is 4.79 Å². The highest BCUT2D eigenvalue weighted by Crippen LogP contribution is 2.65. The van der Waals surface area contributed by atoms with Crippen LogP contribution in [0.25, 0.3) is 0 Å². The van der Waals surface area contributed by atoms with E-state index < -0.39 is 58.6 Å². The molecule has 13 nitrogen and oxygen atoms in total. The van der Waals surface area contributed by atoms with Crippen molar-refractivity contribution in [3.63, 3.8) is 0 Å². The Bertz CT molecular complexity index is 1350. The van der Waals surface area contributed by atoms with E-state index in [0.717, 1.165) is 32.1 Å². The maximum atomic E-state index is 14.4. The van der Waals surface area contributed by atoms with Gasteiger partial charge in [-0.1, -0.05) is 93.4 Å². The smallest absolute Gasteiger partial charge is 0.315 e. The standard InChI is InChI=1S/C38H62N6O7/c1-9-39-33(49)31(47)24-17-15-13-11-10-12-14-16-18-25(34(50)44-21-23-29(38(23,7)8)30(44)32(48)40-24)41-35(51)42-26(36(2,3)4)22-43-27(45)19-37(5,6)20-28(43)46/h23-26,29-30H,9-22H2,1-8H3,(H,39,49)(H,40,48)(H2,41,42,51)/t23-,24+,25+,26+,29-,30-/m0/s1. The Morgan fingerprint density at radius 1 is 0.882 bits per heavy atom. The zero-order valence-electron chi connectivity index (χ0n) is 32.1. The summed E-state index contributed by atoms with van der Waals surface area (Å²) in [6.45, 7) is 16.1. The van der Waals surface area contributed by atoms with E-state index in [1.165, 1.54) is 4.90 Å². The summed E-state index contributed by atoms with van der Waals surface area (Å²) in [4.78, 5) is 96.7. The predicted octanol–water partition coefficient (Wildman–Crippen LogP) is 3.44. The molecule has 3 aliphatic heterocycles. The average molecular weight is 715 g/mol. The molecule has 1 aliphatic carbocycles. The third-order valence-corrected chi connectivity index (χ3v) is 11.6. The molecular weight excluding hydrogens is 652 g/mol. The lowest BCUT2D eigenvalue weighted by Gasteiger charge is -2.40. The molecule has 0 bridgehead atoms. The number of imide groups is 1. The van der Waals surface area contributed by atoms with Crippen molar-refractivity contribution in [2.75, 3.05) is 19.6 Å². The van der Waals surface area contributed by atoms with Crippen LogP contribution in [0.3, 0.4) is 0 Å². The van der Waals surface area contributed by atoms with Crippen LogP contribution < -0.4 is 21.3 Å². The second-order valence-electron chi connectivity index (χ2n) is 17.7. The largest absolute Gasteiger partial charge is 0.350 e. The number of urea groups is 1. The van der Waals surface area contributed by atoms with Crippen molar-refractivity contribution in [3.8, 4) is 0 Å². The first-order valence-electron chi connectivity index (χ1n) is 19.1. The summed E-state index contributed by atoms with van der Waals surface area (Å²) in [5, 5.41) is 11.3. The molecule has 3 saturated heterocycles. The molecule has 4 rings (SSSR count). The number of likely N-dealkylation sites (N-methyl/N-ethyl adjacent to an activating group) is 1. The van der Waals surface area contributed by atoms with Crippen molar-refractivity contribution >= 4 is 41.4 Å². The van der Waals surface area contributed by atoms with Crippen LogP contribution >= 0.6 is 0 Å². The number of Topliss-reactive ketones (excluding diaryl/α,β-unsaturated/α-hetero) is 1. The van der Waals surface area contributed by atoms with Gasteiger partial charge in [-0.2, -0.15) is 0 Å². The van der Waals surface area contributed by atoms with Crippen molar-refractivity contribution in [2.24, 2.45) is 28.1 Å². The molecule has 51 heavy (non-hydrogen) atoms. The second-order valence-corrected chi connectivity index (χ2v) is 17.7. The Morgan fingerprint density at radius 3 is 2.02 bits per heavy atom. The molecule has 0 aromatic rings. The summed E-state index contributed by atoms with van der Waals surface area (Å²) in [6.07, 6.45) is 7.20. The van der Waals surface area contributed by atoms with E-state index >= 15 is 0 Å². The summed E-state index contributed by atoms with van der Waals surface area (Å²) in [7, 11) is 0. The monoisotopic (exact) mass is 714 g/mol. The third kappa shape index (κ3) is 9.68. The van der Waals surface area contributed by atoms with Gasteiger partial charge in [0.1, 0.15) is 12.1 Å². The lowest BCUT2D eigenvalue weighted by molar-refractivity contribution is -0.153. The topological polar surface area (TPSA) is 174 Å². The number of nitrogens with one attached hydrogen (secondary N) is 4. The number of ketones is 1. The summed E-state index contributed by atoms with van der Waals surface area (Å²) in [5.41, 5.74) is -1.13. The molecule has 0 unspecified atom stereocenters. The lowest BCUT2D eigenvalue weighted by Crippen LogP contribution is -2.61. The highest BCUT2D eigenvalue weighted by molar-refractivity contribution is 6.38. The molecule has 3 heterocycles. The van der Waals surface area contributed by atoms with Gasteiger partial charge in [-0.15, -0.1) is 0 Å². The Morgan fingerprint density at radius 2 is 1.45 bits per heavy atom. The van der Waals surface area contributed by atoms with Gasteiger partial charge in [0.15, 0.2) is 0 Å². The first-order chi connectivity index (χ1) is 23.8. The highest BCUT2D eigenvalue weighted by Gasteiger charge is 2.69. The van der Waals surface area contributed by atoms with Crippen LogP contribution in [0, 0.1) is 28.1 Å². The minimum absolute atomic E-state index is 0.0201. The number of amides is 7. The van der Waals surface area contributed by atoms with E-state index in [2.05, 4.69) is 35.1 Å². The summed E-state index contributed by atoms with van der Waals surface area (Å²) in [5.74, 6) is -2.80. The Hall–Kier alpha value is -3.51. The maximum Gasteiger partial charge on any atom is 0.315 e. The van der Waals surface area contributed by atoms with Gasteiger partial charge in [-0.3, -0.25) is 33.7 Å². The van der Waals surface area contributed by atoms with Crippen LogP contribution in [0.2, 0.25) is 0 Å². The molecule has 6 atom stereocenters. The van der Waals surface area contributed by atoms with Crippen molar-refractivity contribution in [1.29, 1.82) is 0 Å². The predicted molar refractivity (Wildman–Crippen MR) is 192 cm³/mol. The van der Waals surface area contributed by atoms with Crippen LogP contribution in [0.5, 0.6) is 0 Å². The number of likely N-dealkylation sites (tertiary alicyclic amines) is 1. The molecular formula is C38H62N6O7. The van der Waals surface area contributed by atoms with Crippen molar-refractivity contribution in [2.45, 2.75) is 150 Å². The Labute approximate surface area is 303 Å². The number of rotatable bonds is 7. The summed E-state index contributed by atoms with van der Waals surface area (Å²) < 4.78 is 0. The van der Waals surface area contributed by atoms with Gasteiger partial charge in [-0.05, 0) is 47.8 Å². The number of fused-ring (bicyclic) bond motifs is 3. The lowest BCUT2D eigenvalue weighted by atomic mass is 9.80. The van der Waals surface area contributed by atoms with Gasteiger partial charge in [0.2, 0.25) is 29.4 Å². The number of hydrogen-bond donors (Lipinski definition) is 4. The fraction of sp³-hybridized carbons (Fsp3) is 0.816. The summed E-state index contributed by atoms with van der Waals surface area (Å²) in [6, 6.07) is -3.93. The van der Waals surface area contributed by atoms with Gasteiger partial charge in [0.25, 0.3) is 5.91 Å². The Kier molecular flexibility index (Phi) is 12.6. The fourth-order valence-electron chi connectivity index (χ4n) is 8.28. The van der Waals surface area contributed by atoms with Gasteiger partial charge in [-0.25, -0.2) is 4.79 Å². The zero-order valence-corrected chi connectivity index (χ0v) is 32.1. The maximum absolute atomic E-state index is 14.4. The number of hydrogen-bond acceptors (Lipinski definition) is 7. The summed E-state index contributed by atoms with van der Waals surface area (Å²) >= 11 is 0. The Balaban J connectivity index is 1.55. The van der Waals surface area contributed by atoms with Crippen LogP contribution in [0.15, 0.2) is 0 Å². The van der Waals surface area contributed by atoms with Gasteiger partial charge < -0.3 is 26.2 Å². The van der Waals surface area contributed by atoms with Gasteiger partial charge >= 0.3 is 6.03 Å². The van der Waals surface area contributed by atoms with E-state index in [0.29, 0.717) is 38.8 Å². The quantitative estimate of drug-likeness (QED) is 0.231. The van der Waals surface area contributed by atoms with Crippen molar-refractivity contribution in [3.05, 3.63) is 0 Å². The molecule has 4 aliphatic rings. The molecule has 7 amide bonds. The molecule has 0 aromatic carbocycles. The molecule has 0 radical (unpaired) electrons. The SMILES string of the molecule is CCNC(=O)C(=O)[C@H]1CCCCCCCCC[C@@H](NC(=O)N[C@H](CN2C(=O)CC(C)(C)CC2=O)C(C)(C)C)C(=O)N2C[C@H]3[C@@H]([C@H]2C(=O)N1)C3(C)C. The molecule has 1 saturated carbocycles. The normalized spacial score (nSPS) is 29.3. The fourth-order valence-corrected chi connectivity index (χ4v) is 8.28. The number of carbonyl (C=O) groups excluding carboxylic acids is 7. The first kappa shape index (κ1) is 40.3. The van der Waals surface area contributed by atoms with Crippen molar-refractivity contribution in [1.82, 2.24) is 31.1 Å². The van der Waals surface area contributed by atoms with E-state index in [-0.39, 0.29) is 54.4 Å². The zero-order chi connectivity index (χ0) is 37.9. The van der Waals surface area contributed by atoms with E-state index in [1.807, 2.05) is 34.6 Å². The molecule has 0 aromatic heterocycles. The van der Waals surface area contributed by atoms with Crippen molar-refractivity contribution < 1.29 is 33.6 Å². The minimum atomic E-state index is -0.992.